The molecule has 0 aromatic carbocycles. The molecule has 0 saturated carbocycles. The zero-order valence-electron chi connectivity index (χ0n) is 16.3. The maximum absolute atomic E-state index is 12.1. The molecule has 2 aromatic rings. The largest absolute Gasteiger partial charge is 0.467 e. The number of nitrogens with zero attached hydrogens (tertiary/aromatic N) is 4. The third kappa shape index (κ3) is 3.92. The first kappa shape index (κ1) is 20.8. The van der Waals surface area contributed by atoms with Crippen LogP contribution in [0.3, 0.4) is 0 Å². The summed E-state index contributed by atoms with van der Waals surface area (Å²) in [5, 5.41) is 15.1. The van der Waals surface area contributed by atoms with Crippen molar-refractivity contribution >= 4 is 33.4 Å². The molecule has 1 unspecified atom stereocenters. The van der Waals surface area contributed by atoms with Crippen LogP contribution in [0.15, 0.2) is 23.3 Å². The van der Waals surface area contributed by atoms with Crippen LogP contribution < -0.4 is 4.90 Å². The normalized spacial score (nSPS) is 17.5. The molecule has 0 aliphatic carbocycles. The van der Waals surface area contributed by atoms with Gasteiger partial charge in [0.15, 0.2) is 11.8 Å². The summed E-state index contributed by atoms with van der Waals surface area (Å²) in [6.45, 7) is 9.45. The Morgan fingerprint density at radius 3 is 2.79 bits per heavy atom. The molecular weight excluding hydrogens is 428 g/mol. The van der Waals surface area contributed by atoms with Crippen molar-refractivity contribution in [1.29, 1.82) is 0 Å². The molecule has 1 aliphatic rings. The summed E-state index contributed by atoms with van der Waals surface area (Å²) in [6, 6.07) is 1.80. The fourth-order valence-electron chi connectivity index (χ4n) is 3.54. The predicted octanol–water partition coefficient (Wildman–Crippen LogP) is 2.57. The topological polar surface area (TPSA) is 89.2 Å². The molecule has 152 valence electrons. The highest BCUT2D eigenvalue weighted by atomic mass is 79.9. The number of anilines is 1. The summed E-state index contributed by atoms with van der Waals surface area (Å²) >= 11 is 3.38. The number of halogens is 1. The molecule has 1 saturated heterocycles. The van der Waals surface area contributed by atoms with E-state index in [0.29, 0.717) is 47.0 Å². The van der Waals surface area contributed by atoms with Crippen LogP contribution in [0.25, 0.3) is 5.65 Å². The molecule has 1 N–H and O–H groups in total. The number of aliphatic hydroxyl groups is 1. The summed E-state index contributed by atoms with van der Waals surface area (Å²) in [6.07, 6.45) is 1.89. The lowest BCUT2D eigenvalue weighted by atomic mass is 9.92. The Morgan fingerprint density at radius 2 is 2.18 bits per heavy atom. The first-order valence-electron chi connectivity index (χ1n) is 9.11. The average molecular weight is 453 g/mol. The maximum atomic E-state index is 12.1. The van der Waals surface area contributed by atoms with E-state index in [4.69, 9.17) is 9.47 Å². The molecule has 0 spiro atoms. The van der Waals surface area contributed by atoms with Crippen LogP contribution >= 0.6 is 15.9 Å². The van der Waals surface area contributed by atoms with E-state index in [1.165, 1.54) is 7.11 Å². The smallest absolute Gasteiger partial charge is 0.339 e. The van der Waals surface area contributed by atoms with Crippen molar-refractivity contribution in [3.63, 3.8) is 0 Å². The molecule has 1 fully saturated rings. The molecule has 2 aromatic heterocycles. The van der Waals surface area contributed by atoms with E-state index in [9.17, 15) is 9.90 Å². The minimum atomic E-state index is -1.44. The van der Waals surface area contributed by atoms with Crippen molar-refractivity contribution in [3.05, 3.63) is 34.6 Å². The minimum absolute atomic E-state index is 0.238. The zero-order valence-corrected chi connectivity index (χ0v) is 17.9. The van der Waals surface area contributed by atoms with Crippen molar-refractivity contribution in [3.8, 4) is 0 Å². The predicted molar refractivity (Wildman–Crippen MR) is 108 cm³/mol. The second-order valence-electron chi connectivity index (χ2n) is 7.13. The van der Waals surface area contributed by atoms with Crippen LogP contribution in [-0.2, 0) is 14.3 Å². The molecule has 3 rings (SSSR count). The van der Waals surface area contributed by atoms with E-state index in [1.807, 2.05) is 0 Å². The van der Waals surface area contributed by atoms with Crippen LogP contribution in [-0.4, -0.2) is 58.1 Å². The number of rotatable bonds is 6. The first-order chi connectivity index (χ1) is 13.3. The van der Waals surface area contributed by atoms with Gasteiger partial charge in [0.25, 0.3) is 0 Å². The fraction of sp³-hybridized carbons (Fsp3) is 0.526. The molecule has 8 nitrogen and oxygen atoms in total. The highest BCUT2D eigenvalue weighted by Gasteiger charge is 2.35. The Labute approximate surface area is 172 Å². The Morgan fingerprint density at radius 1 is 1.50 bits per heavy atom. The molecule has 1 atom stereocenters. The van der Waals surface area contributed by atoms with E-state index in [2.05, 4.69) is 44.4 Å². The van der Waals surface area contributed by atoms with Gasteiger partial charge in [-0.2, -0.15) is 9.61 Å². The lowest BCUT2D eigenvalue weighted by Crippen LogP contribution is -2.45. The molecule has 9 heteroatoms. The lowest BCUT2D eigenvalue weighted by molar-refractivity contribution is -0.150. The lowest BCUT2D eigenvalue weighted by Gasteiger charge is -2.40. The SMILES string of the molecule is C=CCOC1(C)CCN(c2c(C(O)C(=O)OC)c(C)nc3cc(Br)nn23)CC1. The summed E-state index contributed by atoms with van der Waals surface area (Å²) in [5.74, 6) is -0.0789. The Kier molecular flexibility index (Phi) is 6.07. The number of hydrogen-bond donors (Lipinski definition) is 1. The summed E-state index contributed by atoms with van der Waals surface area (Å²) in [7, 11) is 1.25. The molecule has 28 heavy (non-hydrogen) atoms. The molecule has 1 aliphatic heterocycles. The second kappa shape index (κ2) is 8.18. The van der Waals surface area contributed by atoms with E-state index in [0.717, 1.165) is 12.8 Å². The molecule has 0 radical (unpaired) electrons. The standard InChI is InChI=1S/C19H25BrN4O4/c1-5-10-28-19(3)6-8-23(9-7-19)17-15(16(25)18(26)27-4)12(2)21-14-11-13(20)22-24(14)17/h5,11,16,25H,1,6-10H2,2-4H3. The number of carbonyl (C=O) groups excluding carboxylic acids is 1. The van der Waals surface area contributed by atoms with Crippen molar-refractivity contribution in [2.45, 2.75) is 38.4 Å². The van der Waals surface area contributed by atoms with Crippen LogP contribution in [0.5, 0.6) is 0 Å². The monoisotopic (exact) mass is 452 g/mol. The van der Waals surface area contributed by atoms with E-state index in [1.54, 1.807) is 23.6 Å². The van der Waals surface area contributed by atoms with Crippen molar-refractivity contribution < 1.29 is 19.4 Å². The summed E-state index contributed by atoms with van der Waals surface area (Å²) in [5.41, 5.74) is 1.36. The van der Waals surface area contributed by atoms with Gasteiger partial charge in [0.1, 0.15) is 10.4 Å². The number of fused-ring (bicyclic) bond motifs is 1. The second-order valence-corrected chi connectivity index (χ2v) is 7.95. The van der Waals surface area contributed by atoms with E-state index < -0.39 is 12.1 Å². The zero-order chi connectivity index (χ0) is 20.5. The number of ether oxygens (including phenoxy) is 2. The number of hydrogen-bond acceptors (Lipinski definition) is 7. The van der Waals surface area contributed by atoms with E-state index >= 15 is 0 Å². The van der Waals surface area contributed by atoms with Crippen LogP contribution in [0, 0.1) is 6.92 Å². The van der Waals surface area contributed by atoms with Crippen molar-refractivity contribution in [2.24, 2.45) is 0 Å². The number of aryl methyl sites for hydroxylation is 1. The average Bonchev–Trinajstić information content (AvgIpc) is 3.04. The summed E-state index contributed by atoms with van der Waals surface area (Å²) < 4.78 is 13.0. The molecule has 0 amide bonds. The number of piperidine rings is 1. The molecule has 0 bridgehead atoms. The fourth-order valence-corrected chi connectivity index (χ4v) is 3.90. The van der Waals surface area contributed by atoms with Gasteiger partial charge >= 0.3 is 5.97 Å². The van der Waals surface area contributed by atoms with Gasteiger partial charge in [-0.1, -0.05) is 6.08 Å². The van der Waals surface area contributed by atoms with Gasteiger partial charge in [0.05, 0.1) is 24.9 Å². The highest BCUT2D eigenvalue weighted by Crippen LogP contribution is 2.35. The van der Waals surface area contributed by atoms with Crippen LogP contribution in [0.4, 0.5) is 5.82 Å². The van der Waals surface area contributed by atoms with Gasteiger partial charge in [-0.05, 0) is 42.6 Å². The highest BCUT2D eigenvalue weighted by molar-refractivity contribution is 9.10. The third-order valence-corrected chi connectivity index (χ3v) is 5.53. The Hall–Kier alpha value is -1.97. The van der Waals surface area contributed by atoms with Crippen molar-refractivity contribution in [1.82, 2.24) is 14.6 Å². The van der Waals surface area contributed by atoms with Crippen molar-refractivity contribution in [2.75, 3.05) is 31.7 Å². The third-order valence-electron chi connectivity index (χ3n) is 5.14. The van der Waals surface area contributed by atoms with Gasteiger partial charge in [0.2, 0.25) is 0 Å². The quantitative estimate of drug-likeness (QED) is 0.531. The van der Waals surface area contributed by atoms with Gasteiger partial charge in [0, 0.05) is 24.8 Å². The Bertz CT molecular complexity index is 890. The van der Waals surface area contributed by atoms with E-state index in [-0.39, 0.29) is 5.60 Å². The maximum Gasteiger partial charge on any atom is 0.339 e. The Balaban J connectivity index is 2.04. The number of carbonyl (C=O) groups is 1. The van der Waals surface area contributed by atoms with Gasteiger partial charge in [-0.15, -0.1) is 6.58 Å². The summed E-state index contributed by atoms with van der Waals surface area (Å²) in [4.78, 5) is 18.7. The molecular formula is C19H25BrN4O4. The molecule has 3 heterocycles. The minimum Gasteiger partial charge on any atom is -0.467 e. The van der Waals surface area contributed by atoms with Gasteiger partial charge < -0.3 is 19.5 Å². The van der Waals surface area contributed by atoms with Gasteiger partial charge in [-0.25, -0.2) is 9.78 Å². The van der Waals surface area contributed by atoms with Crippen LogP contribution in [0.2, 0.25) is 0 Å². The number of aliphatic hydroxyl groups excluding tert-OH is 1. The number of methoxy groups -OCH3 is 1. The van der Waals surface area contributed by atoms with Gasteiger partial charge in [-0.3, -0.25) is 0 Å². The van der Waals surface area contributed by atoms with Crippen LogP contribution in [0.1, 0.15) is 37.1 Å². The first-order valence-corrected chi connectivity index (χ1v) is 9.90. The number of aromatic nitrogens is 3. The number of esters is 1.